The van der Waals surface area contributed by atoms with Crippen molar-refractivity contribution in [2.75, 3.05) is 5.32 Å². The molecule has 1 N–H and O–H groups in total. The highest BCUT2D eigenvalue weighted by molar-refractivity contribution is 6.05. The van der Waals surface area contributed by atoms with Gasteiger partial charge in [-0.05, 0) is 36.2 Å². The van der Waals surface area contributed by atoms with E-state index in [2.05, 4.69) is 41.4 Å². The largest absolute Gasteiger partial charge is 0.370 e. The van der Waals surface area contributed by atoms with Crippen molar-refractivity contribution in [2.45, 2.75) is 45.2 Å². The van der Waals surface area contributed by atoms with Crippen molar-refractivity contribution in [3.8, 4) is 0 Å². The Bertz CT molecular complexity index is 1260. The van der Waals surface area contributed by atoms with Crippen molar-refractivity contribution in [1.82, 2.24) is 14.6 Å². The third-order valence-corrected chi connectivity index (χ3v) is 6.45. The molecule has 0 aliphatic carbocycles. The van der Waals surface area contributed by atoms with Gasteiger partial charge in [0.2, 0.25) is 0 Å². The first-order chi connectivity index (χ1) is 16.7. The fraction of sp³-hybridized carbons (Fsp3) is 0.296. The maximum Gasteiger partial charge on any atom is 0.256 e. The Morgan fingerprint density at radius 3 is 2.53 bits per heavy atom. The maximum absolute atomic E-state index is 12.7. The van der Waals surface area contributed by atoms with Gasteiger partial charge in [-0.1, -0.05) is 62.4 Å². The lowest BCUT2D eigenvalue weighted by Crippen LogP contribution is -2.26. The van der Waals surface area contributed by atoms with E-state index >= 15 is 0 Å². The predicted molar refractivity (Wildman–Crippen MR) is 129 cm³/mol. The molecule has 1 amide bonds. The van der Waals surface area contributed by atoms with Crippen LogP contribution >= 0.6 is 0 Å². The van der Waals surface area contributed by atoms with Gasteiger partial charge in [-0.3, -0.25) is 4.79 Å². The number of aromatic nitrogens is 3. The number of rotatable bonds is 7. The quantitative estimate of drug-likeness (QED) is 0.421. The SMILES string of the molecule is CC[C@H]1O[C@@H](c2ccc3c(NC(=O)c4ccccc4)ncnn23)[C@H](OCc2ccccc2)[C@@H]1C. The van der Waals surface area contributed by atoms with Crippen molar-refractivity contribution in [1.29, 1.82) is 0 Å². The maximum atomic E-state index is 12.7. The summed E-state index contributed by atoms with van der Waals surface area (Å²) in [6.07, 6.45) is 2.04. The second-order valence-electron chi connectivity index (χ2n) is 8.61. The minimum Gasteiger partial charge on any atom is -0.370 e. The van der Waals surface area contributed by atoms with E-state index in [1.807, 2.05) is 48.5 Å². The molecule has 34 heavy (non-hydrogen) atoms. The number of hydrogen-bond acceptors (Lipinski definition) is 5. The van der Waals surface area contributed by atoms with Crippen LogP contribution in [0.5, 0.6) is 0 Å². The van der Waals surface area contributed by atoms with Gasteiger partial charge in [0.05, 0.1) is 24.5 Å². The van der Waals surface area contributed by atoms with Gasteiger partial charge in [0, 0.05) is 11.5 Å². The molecule has 0 unspecified atom stereocenters. The number of anilines is 1. The number of hydrogen-bond donors (Lipinski definition) is 1. The molecule has 7 nitrogen and oxygen atoms in total. The molecule has 0 bridgehead atoms. The van der Waals surface area contributed by atoms with E-state index in [9.17, 15) is 4.79 Å². The van der Waals surface area contributed by atoms with E-state index < -0.39 is 0 Å². The van der Waals surface area contributed by atoms with E-state index in [4.69, 9.17) is 9.47 Å². The van der Waals surface area contributed by atoms with Crippen molar-refractivity contribution < 1.29 is 14.3 Å². The Labute approximate surface area is 198 Å². The lowest BCUT2D eigenvalue weighted by atomic mass is 9.95. The van der Waals surface area contributed by atoms with Gasteiger partial charge >= 0.3 is 0 Å². The first kappa shape index (κ1) is 22.3. The van der Waals surface area contributed by atoms with Gasteiger partial charge in [-0.25, -0.2) is 9.50 Å². The number of amides is 1. The Morgan fingerprint density at radius 2 is 1.79 bits per heavy atom. The molecule has 2 aromatic carbocycles. The summed E-state index contributed by atoms with van der Waals surface area (Å²) in [4.78, 5) is 17.0. The van der Waals surface area contributed by atoms with Crippen LogP contribution in [-0.4, -0.2) is 32.7 Å². The first-order valence-electron chi connectivity index (χ1n) is 11.7. The Kier molecular flexibility index (Phi) is 6.38. The van der Waals surface area contributed by atoms with E-state index in [0.29, 0.717) is 23.5 Å². The fourth-order valence-corrected chi connectivity index (χ4v) is 4.62. The van der Waals surface area contributed by atoms with Gasteiger partial charge in [0.15, 0.2) is 5.82 Å². The summed E-state index contributed by atoms with van der Waals surface area (Å²) >= 11 is 0. The van der Waals surface area contributed by atoms with Crippen molar-refractivity contribution >= 4 is 17.2 Å². The zero-order valence-corrected chi connectivity index (χ0v) is 19.3. The van der Waals surface area contributed by atoms with E-state index in [-0.39, 0.29) is 30.1 Å². The number of carbonyl (C=O) groups excluding carboxylic acids is 1. The number of fused-ring (bicyclic) bond motifs is 1. The molecule has 0 radical (unpaired) electrons. The highest BCUT2D eigenvalue weighted by Crippen LogP contribution is 2.41. The van der Waals surface area contributed by atoms with Crippen LogP contribution in [0, 0.1) is 5.92 Å². The summed E-state index contributed by atoms with van der Waals surface area (Å²) in [6, 6.07) is 23.1. The van der Waals surface area contributed by atoms with Crippen LogP contribution in [0.2, 0.25) is 0 Å². The normalized spacial score (nSPS) is 22.2. The number of carbonyl (C=O) groups is 1. The van der Waals surface area contributed by atoms with Crippen LogP contribution in [0.15, 0.2) is 79.1 Å². The van der Waals surface area contributed by atoms with E-state index in [1.165, 1.54) is 6.33 Å². The molecule has 4 aromatic rings. The third kappa shape index (κ3) is 4.32. The molecule has 1 saturated heterocycles. The Balaban J connectivity index is 1.43. The molecule has 1 aliphatic rings. The van der Waals surface area contributed by atoms with Gasteiger partial charge in [0.25, 0.3) is 5.91 Å². The minimum atomic E-state index is -0.279. The van der Waals surface area contributed by atoms with Crippen molar-refractivity contribution in [3.63, 3.8) is 0 Å². The molecule has 3 heterocycles. The summed E-state index contributed by atoms with van der Waals surface area (Å²) in [5, 5.41) is 7.38. The molecule has 2 aromatic heterocycles. The van der Waals surface area contributed by atoms with Crippen LogP contribution in [0.1, 0.15) is 48.0 Å². The topological polar surface area (TPSA) is 77.8 Å². The molecule has 1 aliphatic heterocycles. The Morgan fingerprint density at radius 1 is 1.06 bits per heavy atom. The van der Waals surface area contributed by atoms with Crippen molar-refractivity contribution in [3.05, 3.63) is 95.9 Å². The highest BCUT2D eigenvalue weighted by atomic mass is 16.6. The molecule has 0 spiro atoms. The fourth-order valence-electron chi connectivity index (χ4n) is 4.62. The summed E-state index contributed by atoms with van der Waals surface area (Å²) < 4.78 is 14.7. The summed E-state index contributed by atoms with van der Waals surface area (Å²) in [5.74, 6) is 0.461. The van der Waals surface area contributed by atoms with E-state index in [0.717, 1.165) is 17.7 Å². The number of ether oxygens (including phenoxy) is 2. The van der Waals surface area contributed by atoms with Gasteiger partial charge in [-0.15, -0.1) is 0 Å². The summed E-state index contributed by atoms with van der Waals surface area (Å²) in [7, 11) is 0. The lowest BCUT2D eigenvalue weighted by molar-refractivity contribution is -0.0362. The highest BCUT2D eigenvalue weighted by Gasteiger charge is 2.44. The van der Waals surface area contributed by atoms with Crippen LogP contribution in [0.4, 0.5) is 5.82 Å². The average Bonchev–Trinajstić information content (AvgIpc) is 3.45. The third-order valence-electron chi connectivity index (χ3n) is 6.45. The molecule has 1 fully saturated rings. The molecular weight excluding hydrogens is 428 g/mol. The second kappa shape index (κ2) is 9.75. The standard InChI is InChI=1S/C27H28N4O3/c1-3-23-18(2)24(33-16-19-10-6-4-7-11-19)25(34-23)21-14-15-22-26(28-17-29-31(21)22)30-27(32)20-12-8-5-9-13-20/h4-15,17-18,23-25H,3,16H2,1-2H3,(H,28,29,30,32)/t18-,23-,24-,25+/m1/s1. The number of nitrogens with one attached hydrogen (secondary N) is 1. The number of benzene rings is 2. The number of nitrogens with zero attached hydrogens (tertiary/aromatic N) is 3. The molecule has 7 heteroatoms. The second-order valence-corrected chi connectivity index (χ2v) is 8.61. The van der Waals surface area contributed by atoms with Crippen LogP contribution in [0.25, 0.3) is 5.52 Å². The predicted octanol–water partition coefficient (Wildman–Crippen LogP) is 5.05. The van der Waals surface area contributed by atoms with Crippen LogP contribution in [-0.2, 0) is 16.1 Å². The zero-order chi connectivity index (χ0) is 23.5. The van der Waals surface area contributed by atoms with Gasteiger partial charge < -0.3 is 14.8 Å². The lowest BCUT2D eigenvalue weighted by Gasteiger charge is -2.22. The monoisotopic (exact) mass is 456 g/mol. The minimum absolute atomic E-state index is 0.0930. The summed E-state index contributed by atoms with van der Waals surface area (Å²) in [6.45, 7) is 4.83. The average molecular weight is 457 g/mol. The molecular formula is C27H28N4O3. The van der Waals surface area contributed by atoms with Gasteiger partial charge in [-0.2, -0.15) is 5.10 Å². The molecule has 174 valence electrons. The first-order valence-corrected chi connectivity index (χ1v) is 11.7. The Hall–Kier alpha value is -3.55. The molecule has 4 atom stereocenters. The van der Waals surface area contributed by atoms with Crippen LogP contribution in [0.3, 0.4) is 0 Å². The van der Waals surface area contributed by atoms with E-state index in [1.54, 1.807) is 16.6 Å². The molecule has 0 saturated carbocycles. The smallest absolute Gasteiger partial charge is 0.256 e. The molecule has 5 rings (SSSR count). The van der Waals surface area contributed by atoms with Crippen LogP contribution < -0.4 is 5.32 Å². The van der Waals surface area contributed by atoms with Crippen molar-refractivity contribution in [2.24, 2.45) is 5.92 Å². The van der Waals surface area contributed by atoms with Gasteiger partial charge in [0.1, 0.15) is 17.9 Å². The summed E-state index contributed by atoms with van der Waals surface area (Å²) in [5.41, 5.74) is 3.29. The zero-order valence-electron chi connectivity index (χ0n) is 19.3.